The summed E-state index contributed by atoms with van der Waals surface area (Å²) in [4.78, 5) is 25.6. The summed E-state index contributed by atoms with van der Waals surface area (Å²) >= 11 is 0. The number of aliphatic hydroxyl groups is 1. The molecule has 0 radical (unpaired) electrons. The van der Waals surface area contributed by atoms with Crippen LogP contribution in [0.1, 0.15) is 296 Å². The number of rotatable bonds is 60. The van der Waals surface area contributed by atoms with Gasteiger partial charge in [0.2, 0.25) is 5.91 Å². The van der Waals surface area contributed by atoms with Crippen LogP contribution < -0.4 is 10.2 Å². The lowest BCUT2D eigenvalue weighted by Gasteiger charge is -2.29. The SMILES string of the molecule is CC/C=C\C/C=C\C/C=C\C/C=C\C/C=C\C/C=C\CCCCCCCCCCCCCCCCCCCCCCC(=O)NC(COP(=O)([O-])OCC[N+](C)(C)C)C(O)/C=C/CCCCCCCCCCCCCCCCC. The zero-order valence-corrected chi connectivity index (χ0v) is 52.7. The van der Waals surface area contributed by atoms with Crippen molar-refractivity contribution in [3.05, 3.63) is 85.1 Å². The molecule has 3 unspecified atom stereocenters. The van der Waals surface area contributed by atoms with E-state index in [0.717, 1.165) is 77.0 Å². The highest BCUT2D eigenvalue weighted by molar-refractivity contribution is 7.45. The summed E-state index contributed by atoms with van der Waals surface area (Å²) in [6.45, 7) is 4.56. The number of phosphoric ester groups is 1. The molecule has 0 spiro atoms. The van der Waals surface area contributed by atoms with Gasteiger partial charge in [-0.2, -0.15) is 0 Å². The Labute approximate surface area is 484 Å². The first-order chi connectivity index (χ1) is 38.0. The van der Waals surface area contributed by atoms with Gasteiger partial charge in [-0.1, -0.05) is 304 Å². The zero-order valence-electron chi connectivity index (χ0n) is 51.9. The van der Waals surface area contributed by atoms with E-state index in [2.05, 4.69) is 92.1 Å². The molecule has 2 N–H and O–H groups in total. The van der Waals surface area contributed by atoms with Crippen LogP contribution in [0.5, 0.6) is 0 Å². The van der Waals surface area contributed by atoms with E-state index in [1.807, 2.05) is 27.2 Å². The highest BCUT2D eigenvalue weighted by Crippen LogP contribution is 2.38. The molecule has 78 heavy (non-hydrogen) atoms. The van der Waals surface area contributed by atoms with E-state index in [4.69, 9.17) is 9.05 Å². The molecule has 0 aromatic heterocycles. The fourth-order valence-electron chi connectivity index (χ4n) is 9.51. The van der Waals surface area contributed by atoms with Crippen LogP contribution >= 0.6 is 7.82 Å². The number of hydrogen-bond acceptors (Lipinski definition) is 6. The molecule has 0 aliphatic heterocycles. The Morgan fingerprint density at radius 2 is 0.782 bits per heavy atom. The minimum Gasteiger partial charge on any atom is -0.756 e. The zero-order chi connectivity index (χ0) is 57.0. The van der Waals surface area contributed by atoms with Crippen LogP contribution in [0.2, 0.25) is 0 Å². The molecule has 0 heterocycles. The lowest BCUT2D eigenvalue weighted by atomic mass is 10.0. The van der Waals surface area contributed by atoms with E-state index in [-0.39, 0.29) is 19.1 Å². The fraction of sp³-hybridized carbons (Fsp3) is 0.783. The second-order valence-corrected chi connectivity index (χ2v) is 24.9. The van der Waals surface area contributed by atoms with Gasteiger partial charge in [0.1, 0.15) is 13.2 Å². The van der Waals surface area contributed by atoms with Crippen molar-refractivity contribution in [1.82, 2.24) is 5.32 Å². The maximum Gasteiger partial charge on any atom is 0.268 e. The first kappa shape index (κ1) is 75.7. The van der Waals surface area contributed by atoms with E-state index in [1.54, 1.807) is 6.08 Å². The van der Waals surface area contributed by atoms with Crippen molar-refractivity contribution in [1.29, 1.82) is 0 Å². The van der Waals surface area contributed by atoms with Gasteiger partial charge in [0.15, 0.2) is 0 Å². The molecule has 0 aliphatic rings. The van der Waals surface area contributed by atoms with Crippen LogP contribution in [-0.2, 0) is 18.4 Å². The summed E-state index contributed by atoms with van der Waals surface area (Å²) in [5.74, 6) is -0.195. The van der Waals surface area contributed by atoms with E-state index >= 15 is 0 Å². The monoisotopic (exact) mass is 1110 g/mol. The minimum atomic E-state index is -4.60. The molecular weight excluding hydrogens is 984 g/mol. The van der Waals surface area contributed by atoms with Crippen molar-refractivity contribution in [3.63, 3.8) is 0 Å². The van der Waals surface area contributed by atoms with Crippen LogP contribution in [-0.4, -0.2) is 68.5 Å². The maximum absolute atomic E-state index is 13.0. The van der Waals surface area contributed by atoms with Crippen molar-refractivity contribution >= 4 is 13.7 Å². The number of amides is 1. The third-order valence-corrected chi connectivity index (χ3v) is 15.6. The second-order valence-electron chi connectivity index (χ2n) is 23.4. The highest BCUT2D eigenvalue weighted by Gasteiger charge is 2.23. The van der Waals surface area contributed by atoms with Crippen molar-refractivity contribution in [2.75, 3.05) is 40.9 Å². The largest absolute Gasteiger partial charge is 0.756 e. The van der Waals surface area contributed by atoms with Crippen LogP contribution in [0.3, 0.4) is 0 Å². The molecule has 8 nitrogen and oxygen atoms in total. The summed E-state index contributed by atoms with van der Waals surface area (Å²) in [5.41, 5.74) is 0. The number of likely N-dealkylation sites (N-methyl/N-ethyl adjacent to an activating group) is 1. The molecule has 0 bridgehead atoms. The van der Waals surface area contributed by atoms with Gasteiger partial charge >= 0.3 is 0 Å². The average molecular weight is 1110 g/mol. The van der Waals surface area contributed by atoms with Crippen LogP contribution in [0.15, 0.2) is 85.1 Å². The third-order valence-electron chi connectivity index (χ3n) is 14.6. The topological polar surface area (TPSA) is 108 Å². The molecule has 1 amide bonds. The molecule has 0 aromatic rings. The number of nitrogens with zero attached hydrogens (tertiary/aromatic N) is 1. The Kier molecular flexibility index (Phi) is 57.5. The van der Waals surface area contributed by atoms with Crippen LogP contribution in [0.4, 0.5) is 0 Å². The minimum absolute atomic E-state index is 0.00138. The number of quaternary nitrogens is 1. The highest BCUT2D eigenvalue weighted by atomic mass is 31.2. The molecular formula is C69H127N2O6P. The van der Waals surface area contributed by atoms with Gasteiger partial charge in [-0.05, 0) is 70.6 Å². The summed E-state index contributed by atoms with van der Waals surface area (Å²) in [5, 5.41) is 13.9. The first-order valence-electron chi connectivity index (χ1n) is 32.9. The molecule has 0 fully saturated rings. The Balaban J connectivity index is 3.98. The number of carbonyl (C=O) groups is 1. The number of aliphatic hydroxyl groups excluding tert-OH is 1. The van der Waals surface area contributed by atoms with Gasteiger partial charge in [-0.3, -0.25) is 9.36 Å². The number of carbonyl (C=O) groups excluding carboxylic acids is 1. The Morgan fingerprint density at radius 1 is 0.462 bits per heavy atom. The number of nitrogens with one attached hydrogen (secondary N) is 1. The van der Waals surface area contributed by atoms with E-state index < -0.39 is 20.0 Å². The standard InChI is InChI=1S/C69H127N2O6P/c1-6-8-10-12-14-16-18-20-22-24-25-26-27-28-29-30-31-32-33-34-35-36-37-38-39-40-41-42-43-44-45-47-49-51-53-55-57-59-61-63-69(73)70-67(66-77-78(74,75)76-65-64-71(3,4)5)68(72)62-60-58-56-54-52-50-48-46-23-21-19-17-15-13-11-9-7-2/h8,10,14,16,20,22,25-26,28-29,31-32,60,62,67-68,72H,6-7,9,11-13,15,17-19,21,23-24,27,30,33-59,61,63-66H2,1-5H3,(H-,70,73,74,75)/b10-8-,16-14-,22-20-,26-25-,29-28-,32-31-,62-60+. The van der Waals surface area contributed by atoms with Crippen molar-refractivity contribution in [2.24, 2.45) is 0 Å². The molecule has 0 saturated heterocycles. The van der Waals surface area contributed by atoms with Crippen LogP contribution in [0.25, 0.3) is 0 Å². The molecule has 454 valence electrons. The molecule has 3 atom stereocenters. The maximum atomic E-state index is 13.0. The summed E-state index contributed by atoms with van der Waals surface area (Å²) in [6.07, 6.45) is 84.0. The van der Waals surface area contributed by atoms with Gasteiger partial charge in [-0.15, -0.1) is 0 Å². The number of unbranched alkanes of at least 4 members (excludes halogenated alkanes) is 35. The van der Waals surface area contributed by atoms with Gasteiger partial charge < -0.3 is 28.8 Å². The quantitative estimate of drug-likeness (QED) is 0.0272. The Hall–Kier alpha value is -2.32. The Morgan fingerprint density at radius 3 is 1.14 bits per heavy atom. The van der Waals surface area contributed by atoms with Gasteiger partial charge in [0, 0.05) is 6.42 Å². The smallest absolute Gasteiger partial charge is 0.268 e. The van der Waals surface area contributed by atoms with Crippen LogP contribution in [0, 0.1) is 0 Å². The molecule has 0 aromatic carbocycles. The van der Waals surface area contributed by atoms with E-state index in [1.165, 1.54) is 199 Å². The normalized spacial score (nSPS) is 14.3. The van der Waals surface area contributed by atoms with Gasteiger partial charge in [0.05, 0.1) is 39.9 Å². The van der Waals surface area contributed by atoms with Crippen molar-refractivity contribution in [2.45, 2.75) is 309 Å². The lowest BCUT2D eigenvalue weighted by Crippen LogP contribution is -2.45. The average Bonchev–Trinajstić information content (AvgIpc) is 3.40. The number of allylic oxidation sites excluding steroid dienone is 13. The summed E-state index contributed by atoms with van der Waals surface area (Å²) in [6, 6.07) is -0.888. The predicted octanol–water partition coefficient (Wildman–Crippen LogP) is 20.1. The third kappa shape index (κ3) is 61.3. The lowest BCUT2D eigenvalue weighted by molar-refractivity contribution is -0.870. The van der Waals surface area contributed by atoms with Gasteiger partial charge in [0.25, 0.3) is 7.82 Å². The molecule has 0 rings (SSSR count). The molecule has 9 heteroatoms. The Bertz CT molecular complexity index is 1550. The molecule has 0 saturated carbocycles. The number of hydrogen-bond donors (Lipinski definition) is 2. The summed E-state index contributed by atoms with van der Waals surface area (Å²) in [7, 11) is 1.27. The van der Waals surface area contributed by atoms with Crippen molar-refractivity contribution in [3.8, 4) is 0 Å². The van der Waals surface area contributed by atoms with E-state index in [0.29, 0.717) is 17.4 Å². The van der Waals surface area contributed by atoms with Crippen molar-refractivity contribution < 1.29 is 32.9 Å². The second kappa shape index (κ2) is 59.3. The van der Waals surface area contributed by atoms with Gasteiger partial charge in [-0.25, -0.2) is 0 Å². The summed E-state index contributed by atoms with van der Waals surface area (Å²) < 4.78 is 23.4. The molecule has 0 aliphatic carbocycles. The predicted molar refractivity (Wildman–Crippen MR) is 339 cm³/mol. The first-order valence-corrected chi connectivity index (χ1v) is 34.4. The fourth-order valence-corrected chi connectivity index (χ4v) is 10.2. The number of phosphoric acid groups is 1. The van der Waals surface area contributed by atoms with E-state index in [9.17, 15) is 19.4 Å².